The van der Waals surface area contributed by atoms with Crippen LogP contribution in [0.1, 0.15) is 32.1 Å². The van der Waals surface area contributed by atoms with E-state index in [1.54, 1.807) is 0 Å². The summed E-state index contributed by atoms with van der Waals surface area (Å²) >= 11 is 3.70. The van der Waals surface area contributed by atoms with E-state index in [4.69, 9.17) is 4.74 Å². The Kier molecular flexibility index (Phi) is 5.89. The van der Waals surface area contributed by atoms with Crippen molar-refractivity contribution >= 4 is 21.8 Å². The van der Waals surface area contributed by atoms with E-state index in [-0.39, 0.29) is 5.91 Å². The highest BCUT2D eigenvalue weighted by Crippen LogP contribution is 2.28. The van der Waals surface area contributed by atoms with Crippen LogP contribution in [-0.4, -0.2) is 35.3 Å². The average Bonchev–Trinajstić information content (AvgIpc) is 2.48. The SMILES string of the molecule is CN(C(=O)CCOc1ccccc1)C1CCCCC1Br. The van der Waals surface area contributed by atoms with Gasteiger partial charge in [0.15, 0.2) is 0 Å². The predicted octanol–water partition coefficient (Wildman–Crippen LogP) is 3.62. The van der Waals surface area contributed by atoms with Gasteiger partial charge in [0.2, 0.25) is 5.91 Å². The van der Waals surface area contributed by atoms with Crippen LogP contribution in [0.2, 0.25) is 0 Å². The zero-order valence-electron chi connectivity index (χ0n) is 11.9. The Morgan fingerprint density at radius 2 is 2.00 bits per heavy atom. The minimum atomic E-state index is 0.164. The number of halogens is 1. The minimum Gasteiger partial charge on any atom is -0.493 e. The average molecular weight is 340 g/mol. The monoisotopic (exact) mass is 339 g/mol. The zero-order chi connectivity index (χ0) is 14.4. The van der Waals surface area contributed by atoms with E-state index in [1.807, 2.05) is 42.3 Å². The fourth-order valence-electron chi connectivity index (χ4n) is 2.64. The van der Waals surface area contributed by atoms with Crippen molar-refractivity contribution in [2.45, 2.75) is 43.0 Å². The predicted molar refractivity (Wildman–Crippen MR) is 84.3 cm³/mol. The first-order valence-electron chi connectivity index (χ1n) is 7.26. The second-order valence-corrected chi connectivity index (χ2v) is 6.46. The Labute approximate surface area is 129 Å². The molecule has 1 aliphatic rings. The van der Waals surface area contributed by atoms with E-state index in [9.17, 15) is 4.79 Å². The van der Waals surface area contributed by atoms with Gasteiger partial charge in [0.1, 0.15) is 5.75 Å². The number of amides is 1. The Morgan fingerprint density at radius 1 is 1.30 bits per heavy atom. The van der Waals surface area contributed by atoms with Crippen molar-refractivity contribution in [1.82, 2.24) is 4.90 Å². The van der Waals surface area contributed by atoms with Gasteiger partial charge in [-0.1, -0.05) is 47.0 Å². The lowest BCUT2D eigenvalue weighted by Crippen LogP contribution is -2.44. The first-order chi connectivity index (χ1) is 9.68. The molecular weight excluding hydrogens is 318 g/mol. The number of alkyl halides is 1. The van der Waals surface area contributed by atoms with Gasteiger partial charge in [0.25, 0.3) is 0 Å². The van der Waals surface area contributed by atoms with E-state index < -0.39 is 0 Å². The van der Waals surface area contributed by atoms with Crippen LogP contribution in [0.5, 0.6) is 5.75 Å². The highest BCUT2D eigenvalue weighted by molar-refractivity contribution is 9.09. The Bertz CT molecular complexity index is 424. The number of benzene rings is 1. The molecule has 1 aliphatic carbocycles. The molecule has 4 heteroatoms. The number of hydrogen-bond acceptors (Lipinski definition) is 2. The molecule has 1 amide bonds. The lowest BCUT2D eigenvalue weighted by atomic mass is 9.94. The normalized spacial score (nSPS) is 22.3. The van der Waals surface area contributed by atoms with Crippen molar-refractivity contribution in [3.05, 3.63) is 30.3 Å². The molecule has 0 saturated heterocycles. The molecule has 1 aromatic carbocycles. The van der Waals surface area contributed by atoms with E-state index >= 15 is 0 Å². The number of hydrogen-bond donors (Lipinski definition) is 0. The fraction of sp³-hybridized carbons (Fsp3) is 0.562. The van der Waals surface area contributed by atoms with Gasteiger partial charge in [0.05, 0.1) is 13.0 Å². The first kappa shape index (κ1) is 15.4. The van der Waals surface area contributed by atoms with Crippen LogP contribution in [0, 0.1) is 0 Å². The topological polar surface area (TPSA) is 29.5 Å². The number of para-hydroxylation sites is 1. The van der Waals surface area contributed by atoms with Crippen LogP contribution in [0.3, 0.4) is 0 Å². The quantitative estimate of drug-likeness (QED) is 0.766. The standard InChI is InChI=1S/C16H22BrNO2/c1-18(15-10-6-5-9-14(15)17)16(19)11-12-20-13-7-3-2-4-8-13/h2-4,7-8,14-15H,5-6,9-12H2,1H3. The molecule has 1 aromatic rings. The maximum Gasteiger partial charge on any atom is 0.226 e. The van der Waals surface area contributed by atoms with Gasteiger partial charge >= 0.3 is 0 Å². The van der Waals surface area contributed by atoms with Crippen molar-refractivity contribution < 1.29 is 9.53 Å². The molecule has 0 N–H and O–H groups in total. The Morgan fingerprint density at radius 3 is 2.70 bits per heavy atom. The molecule has 0 heterocycles. The molecule has 0 bridgehead atoms. The summed E-state index contributed by atoms with van der Waals surface area (Å²) in [5.41, 5.74) is 0. The highest BCUT2D eigenvalue weighted by atomic mass is 79.9. The summed E-state index contributed by atoms with van der Waals surface area (Å²) in [6.07, 6.45) is 5.15. The lowest BCUT2D eigenvalue weighted by molar-refractivity contribution is -0.132. The van der Waals surface area contributed by atoms with Crippen LogP contribution < -0.4 is 4.74 Å². The van der Waals surface area contributed by atoms with Crippen LogP contribution in [-0.2, 0) is 4.79 Å². The fourth-order valence-corrected chi connectivity index (χ4v) is 3.58. The molecule has 20 heavy (non-hydrogen) atoms. The summed E-state index contributed by atoms with van der Waals surface area (Å²) in [5.74, 6) is 0.983. The zero-order valence-corrected chi connectivity index (χ0v) is 13.5. The van der Waals surface area contributed by atoms with Crippen molar-refractivity contribution in [1.29, 1.82) is 0 Å². The maximum atomic E-state index is 12.2. The van der Waals surface area contributed by atoms with Crippen molar-refractivity contribution in [3.63, 3.8) is 0 Å². The molecule has 1 saturated carbocycles. The van der Waals surface area contributed by atoms with Crippen molar-refractivity contribution in [2.24, 2.45) is 0 Å². The summed E-state index contributed by atoms with van der Waals surface area (Å²) < 4.78 is 5.58. The molecule has 2 rings (SSSR count). The van der Waals surface area contributed by atoms with Gasteiger partial charge in [-0.15, -0.1) is 0 Å². The molecule has 3 nitrogen and oxygen atoms in total. The largest absolute Gasteiger partial charge is 0.493 e. The van der Waals surface area contributed by atoms with E-state index in [0.29, 0.717) is 23.9 Å². The van der Waals surface area contributed by atoms with Gasteiger partial charge in [0, 0.05) is 17.9 Å². The third kappa shape index (κ3) is 4.23. The smallest absolute Gasteiger partial charge is 0.226 e. The van der Waals surface area contributed by atoms with E-state index in [0.717, 1.165) is 18.6 Å². The van der Waals surface area contributed by atoms with Crippen LogP contribution in [0.15, 0.2) is 30.3 Å². The first-order valence-corrected chi connectivity index (χ1v) is 8.17. The highest BCUT2D eigenvalue weighted by Gasteiger charge is 2.28. The van der Waals surface area contributed by atoms with Gasteiger partial charge in [-0.3, -0.25) is 4.79 Å². The Balaban J connectivity index is 1.76. The number of carbonyl (C=O) groups excluding carboxylic acids is 1. The van der Waals surface area contributed by atoms with Gasteiger partial charge in [-0.2, -0.15) is 0 Å². The van der Waals surface area contributed by atoms with Crippen LogP contribution >= 0.6 is 15.9 Å². The summed E-state index contributed by atoms with van der Waals surface area (Å²) in [5, 5.41) is 0. The summed E-state index contributed by atoms with van der Waals surface area (Å²) in [7, 11) is 1.91. The van der Waals surface area contributed by atoms with Crippen LogP contribution in [0.4, 0.5) is 0 Å². The Hall–Kier alpha value is -1.03. The molecule has 110 valence electrons. The van der Waals surface area contributed by atoms with Crippen molar-refractivity contribution in [3.8, 4) is 5.75 Å². The second kappa shape index (κ2) is 7.67. The summed E-state index contributed by atoms with van der Waals surface area (Å²) in [6.45, 7) is 0.437. The molecule has 0 aromatic heterocycles. The number of nitrogens with zero attached hydrogens (tertiary/aromatic N) is 1. The third-order valence-corrected chi connectivity index (χ3v) is 4.93. The van der Waals surface area contributed by atoms with Gasteiger partial charge < -0.3 is 9.64 Å². The third-order valence-electron chi connectivity index (χ3n) is 3.87. The molecule has 2 atom stereocenters. The maximum absolute atomic E-state index is 12.2. The number of carbonyl (C=O) groups is 1. The minimum absolute atomic E-state index is 0.164. The molecule has 0 radical (unpaired) electrons. The second-order valence-electron chi connectivity index (χ2n) is 5.28. The molecule has 2 unspecified atom stereocenters. The van der Waals surface area contributed by atoms with E-state index in [1.165, 1.54) is 12.8 Å². The van der Waals surface area contributed by atoms with E-state index in [2.05, 4.69) is 15.9 Å². The summed E-state index contributed by atoms with van der Waals surface area (Å²) in [4.78, 5) is 14.5. The summed E-state index contributed by atoms with van der Waals surface area (Å²) in [6, 6.07) is 9.95. The molecule has 0 aliphatic heterocycles. The molecule has 0 spiro atoms. The van der Waals surface area contributed by atoms with Gasteiger partial charge in [-0.05, 0) is 25.0 Å². The van der Waals surface area contributed by atoms with Gasteiger partial charge in [-0.25, -0.2) is 0 Å². The van der Waals surface area contributed by atoms with Crippen LogP contribution in [0.25, 0.3) is 0 Å². The number of ether oxygens (including phenoxy) is 1. The lowest BCUT2D eigenvalue weighted by Gasteiger charge is -2.35. The van der Waals surface area contributed by atoms with Crippen molar-refractivity contribution in [2.75, 3.05) is 13.7 Å². The molecular formula is C16H22BrNO2. The molecule has 1 fully saturated rings. The number of rotatable bonds is 5.